The number of hydrogen-bond acceptors (Lipinski definition) is 3. The largest absolute Gasteiger partial charge is 0.300 e. The van der Waals surface area contributed by atoms with Gasteiger partial charge in [-0.3, -0.25) is 4.79 Å². The molecule has 0 radical (unpaired) electrons. The van der Waals surface area contributed by atoms with Crippen LogP contribution in [0.1, 0.15) is 30.9 Å². The van der Waals surface area contributed by atoms with Crippen LogP contribution in [-0.2, 0) is 11.2 Å². The highest BCUT2D eigenvalue weighted by Crippen LogP contribution is 2.28. The summed E-state index contributed by atoms with van der Waals surface area (Å²) in [5, 5.41) is 3.86. The van der Waals surface area contributed by atoms with Crippen molar-refractivity contribution in [1.82, 2.24) is 5.32 Å². The van der Waals surface area contributed by atoms with Gasteiger partial charge in [-0.1, -0.05) is 67.4 Å². The lowest BCUT2D eigenvalue weighted by Gasteiger charge is -2.01. The first-order valence-electron chi connectivity index (χ1n) is 8.95. The molecule has 1 N–H and O–H groups in total. The lowest BCUT2D eigenvalue weighted by molar-refractivity contribution is -0.115. The fourth-order valence-corrected chi connectivity index (χ4v) is 3.72. The zero-order chi connectivity index (χ0) is 19.1. The van der Waals surface area contributed by atoms with Crippen LogP contribution in [0.25, 0.3) is 6.08 Å². The molecule has 0 aliphatic carbocycles. The van der Waals surface area contributed by atoms with Gasteiger partial charge in [-0.05, 0) is 60.0 Å². The van der Waals surface area contributed by atoms with Crippen molar-refractivity contribution in [3.05, 3.63) is 81.7 Å². The number of amides is 1. The number of hydrogen-bond donors (Lipinski definition) is 1. The summed E-state index contributed by atoms with van der Waals surface area (Å²) in [7, 11) is 0. The van der Waals surface area contributed by atoms with E-state index >= 15 is 0 Å². The lowest BCUT2D eigenvalue weighted by atomic mass is 10.1. The fourth-order valence-electron chi connectivity index (χ4n) is 2.59. The highest BCUT2D eigenvalue weighted by atomic mass is 35.5. The van der Waals surface area contributed by atoms with Crippen LogP contribution < -0.4 is 5.32 Å². The third-order valence-electron chi connectivity index (χ3n) is 4.01. The number of thioether (sulfide) groups is 1. The first-order chi connectivity index (χ1) is 13.1. The van der Waals surface area contributed by atoms with Gasteiger partial charge in [0.1, 0.15) is 0 Å². The van der Waals surface area contributed by atoms with Crippen LogP contribution in [0, 0.1) is 0 Å². The predicted molar refractivity (Wildman–Crippen MR) is 116 cm³/mol. The average molecular weight is 397 g/mol. The van der Waals surface area contributed by atoms with E-state index < -0.39 is 0 Å². The van der Waals surface area contributed by atoms with Crippen LogP contribution in [-0.4, -0.2) is 11.1 Å². The number of carbonyl (C=O) groups is 1. The Morgan fingerprint density at radius 3 is 2.59 bits per heavy atom. The number of nitrogens with zero attached hydrogens (tertiary/aromatic N) is 1. The van der Waals surface area contributed by atoms with Crippen molar-refractivity contribution in [2.75, 3.05) is 0 Å². The van der Waals surface area contributed by atoms with E-state index in [1.807, 2.05) is 48.5 Å². The van der Waals surface area contributed by atoms with E-state index in [-0.39, 0.29) is 5.91 Å². The highest BCUT2D eigenvalue weighted by molar-refractivity contribution is 8.18. The first kappa shape index (κ1) is 19.5. The highest BCUT2D eigenvalue weighted by Gasteiger charge is 2.23. The molecule has 0 atom stereocenters. The zero-order valence-electron chi connectivity index (χ0n) is 15.1. The van der Waals surface area contributed by atoms with Crippen LogP contribution in [0.4, 0.5) is 5.69 Å². The molecule has 0 bridgehead atoms. The second kappa shape index (κ2) is 9.58. The standard InChI is InChI=1S/C22H21ClN2OS/c1-2-3-7-16-10-12-19(13-11-16)24-22-25-21(26)20(27-22)15-18(23)14-17-8-5-4-6-9-17/h4-6,8-15H,2-3,7H2,1H3,(H,24,25,26)/b18-14-,20-15-. The molecule has 1 amide bonds. The Balaban J connectivity index is 1.69. The number of aryl methyl sites for hydroxylation is 1. The van der Waals surface area contributed by atoms with Crippen LogP contribution in [0.15, 0.2) is 75.6 Å². The summed E-state index contributed by atoms with van der Waals surface area (Å²) < 4.78 is 0. The molecule has 3 nitrogen and oxygen atoms in total. The van der Waals surface area contributed by atoms with E-state index in [9.17, 15) is 4.79 Å². The van der Waals surface area contributed by atoms with Crippen LogP contribution in [0.5, 0.6) is 0 Å². The molecule has 0 spiro atoms. The third-order valence-corrected chi connectivity index (χ3v) is 5.14. The summed E-state index contributed by atoms with van der Waals surface area (Å²) in [6.45, 7) is 2.19. The molecule has 5 heteroatoms. The number of nitrogens with one attached hydrogen (secondary N) is 1. The maximum absolute atomic E-state index is 12.2. The van der Waals surface area contributed by atoms with Gasteiger partial charge in [-0.2, -0.15) is 0 Å². The Labute approximate surface area is 169 Å². The molecular formula is C22H21ClN2OS. The molecule has 3 rings (SSSR count). The van der Waals surface area contributed by atoms with Crippen LogP contribution >= 0.6 is 23.4 Å². The van der Waals surface area contributed by atoms with Crippen molar-refractivity contribution in [1.29, 1.82) is 0 Å². The summed E-state index contributed by atoms with van der Waals surface area (Å²) in [4.78, 5) is 17.2. The molecule has 1 saturated heterocycles. The fraction of sp³-hybridized carbons (Fsp3) is 0.182. The molecule has 1 heterocycles. The van der Waals surface area contributed by atoms with Crippen molar-refractivity contribution in [3.8, 4) is 0 Å². The molecule has 1 aliphatic rings. The quantitative estimate of drug-likeness (QED) is 0.604. The molecule has 0 saturated carbocycles. The average Bonchev–Trinajstić information content (AvgIpc) is 3.00. The minimum Gasteiger partial charge on any atom is -0.300 e. The van der Waals surface area contributed by atoms with Gasteiger partial charge in [0.05, 0.1) is 10.6 Å². The van der Waals surface area contributed by atoms with Crippen LogP contribution in [0.2, 0.25) is 0 Å². The van der Waals surface area contributed by atoms with E-state index in [1.54, 1.807) is 6.08 Å². The summed E-state index contributed by atoms with van der Waals surface area (Å²) in [6, 6.07) is 17.9. The van der Waals surface area contributed by atoms with Crippen molar-refractivity contribution in [2.24, 2.45) is 4.99 Å². The second-order valence-corrected chi connectivity index (χ2v) is 7.66. The number of halogens is 1. The Morgan fingerprint density at radius 2 is 1.89 bits per heavy atom. The van der Waals surface area contributed by atoms with Crippen LogP contribution in [0.3, 0.4) is 0 Å². The molecule has 1 aliphatic heterocycles. The lowest BCUT2D eigenvalue weighted by Crippen LogP contribution is -2.19. The van der Waals surface area contributed by atoms with Crippen molar-refractivity contribution >= 4 is 46.2 Å². The number of amidine groups is 1. The normalized spacial score (nSPS) is 17.6. The van der Waals surface area contributed by atoms with Gasteiger partial charge in [-0.15, -0.1) is 0 Å². The predicted octanol–water partition coefficient (Wildman–Crippen LogP) is 6.04. The number of rotatable bonds is 6. The van der Waals surface area contributed by atoms with E-state index in [1.165, 1.54) is 30.2 Å². The summed E-state index contributed by atoms with van der Waals surface area (Å²) in [5.74, 6) is -0.182. The Morgan fingerprint density at radius 1 is 1.15 bits per heavy atom. The van der Waals surface area contributed by atoms with E-state index in [0.29, 0.717) is 15.1 Å². The van der Waals surface area contributed by atoms with Gasteiger partial charge in [0.15, 0.2) is 5.17 Å². The van der Waals surface area contributed by atoms with Gasteiger partial charge in [0.2, 0.25) is 0 Å². The van der Waals surface area contributed by atoms with Crippen molar-refractivity contribution in [2.45, 2.75) is 26.2 Å². The second-order valence-electron chi connectivity index (χ2n) is 6.19. The molecular weight excluding hydrogens is 376 g/mol. The first-order valence-corrected chi connectivity index (χ1v) is 10.1. The SMILES string of the molecule is CCCCc1ccc(N=C2NC(=O)/C(=C/C(Cl)=C/c3ccccc3)S2)cc1. The summed E-state index contributed by atoms with van der Waals surface area (Å²) in [6.07, 6.45) is 6.95. The summed E-state index contributed by atoms with van der Waals surface area (Å²) in [5.41, 5.74) is 3.12. The maximum Gasteiger partial charge on any atom is 0.264 e. The minimum absolute atomic E-state index is 0.182. The number of allylic oxidation sites excluding steroid dienone is 2. The number of carbonyl (C=O) groups excluding carboxylic acids is 1. The monoisotopic (exact) mass is 396 g/mol. The van der Waals surface area contributed by atoms with Crippen molar-refractivity contribution < 1.29 is 4.79 Å². The molecule has 0 aromatic heterocycles. The smallest absolute Gasteiger partial charge is 0.264 e. The van der Waals surface area contributed by atoms with Gasteiger partial charge in [0.25, 0.3) is 5.91 Å². The van der Waals surface area contributed by atoms with Crippen molar-refractivity contribution in [3.63, 3.8) is 0 Å². The summed E-state index contributed by atoms with van der Waals surface area (Å²) >= 11 is 7.57. The Bertz CT molecular complexity index is 886. The molecule has 1 fully saturated rings. The van der Waals surface area contributed by atoms with E-state index in [0.717, 1.165) is 17.7 Å². The Kier molecular flexibility index (Phi) is 6.91. The van der Waals surface area contributed by atoms with Gasteiger partial charge in [-0.25, -0.2) is 4.99 Å². The zero-order valence-corrected chi connectivity index (χ0v) is 16.7. The van der Waals surface area contributed by atoms with E-state index in [2.05, 4.69) is 29.4 Å². The number of unbranched alkanes of at least 4 members (excludes halogenated alkanes) is 1. The number of aliphatic imine (C=N–C) groups is 1. The maximum atomic E-state index is 12.2. The molecule has 2 aromatic rings. The van der Waals surface area contributed by atoms with Gasteiger partial charge in [0, 0.05) is 5.03 Å². The Hall–Kier alpha value is -2.30. The third kappa shape index (κ3) is 5.84. The number of benzene rings is 2. The molecule has 27 heavy (non-hydrogen) atoms. The van der Waals surface area contributed by atoms with E-state index in [4.69, 9.17) is 11.6 Å². The van der Waals surface area contributed by atoms with Gasteiger partial charge >= 0.3 is 0 Å². The topological polar surface area (TPSA) is 41.5 Å². The minimum atomic E-state index is -0.182. The molecule has 0 unspecified atom stereocenters. The molecule has 2 aromatic carbocycles. The molecule has 138 valence electrons. The van der Waals surface area contributed by atoms with Gasteiger partial charge < -0.3 is 5.32 Å².